The van der Waals surface area contributed by atoms with E-state index in [9.17, 15) is 13.6 Å². The number of thioether (sulfide) groups is 1. The standard InChI is InChI=1S/C17H9ClF2N2OS/c18-15-4-2-10(19)5-9(15)8-24-17-13-6-11(20)1-3-12(13)14(7-21)16(23)22-17/h1-6H,8H2,(H,22,23). The summed E-state index contributed by atoms with van der Waals surface area (Å²) < 4.78 is 26.9. The van der Waals surface area contributed by atoms with Gasteiger partial charge in [0.2, 0.25) is 0 Å². The Morgan fingerprint density at radius 3 is 2.58 bits per heavy atom. The molecule has 0 atom stereocenters. The van der Waals surface area contributed by atoms with Crippen LogP contribution < -0.4 is 5.56 Å². The summed E-state index contributed by atoms with van der Waals surface area (Å²) in [6.45, 7) is 0. The molecule has 0 saturated carbocycles. The van der Waals surface area contributed by atoms with Crippen LogP contribution in [-0.4, -0.2) is 4.98 Å². The number of hydrogen-bond donors (Lipinski definition) is 1. The smallest absolute Gasteiger partial charge is 0.267 e. The highest BCUT2D eigenvalue weighted by Crippen LogP contribution is 2.31. The van der Waals surface area contributed by atoms with Crippen LogP contribution in [0, 0.1) is 23.0 Å². The number of hydrogen-bond acceptors (Lipinski definition) is 3. The zero-order valence-electron chi connectivity index (χ0n) is 12.1. The van der Waals surface area contributed by atoms with E-state index in [0.717, 1.165) is 0 Å². The maximum atomic E-state index is 13.6. The molecule has 0 aliphatic rings. The molecule has 0 bridgehead atoms. The lowest BCUT2D eigenvalue weighted by Crippen LogP contribution is -2.11. The Bertz CT molecular complexity index is 1040. The summed E-state index contributed by atoms with van der Waals surface area (Å²) in [5.74, 6) is -0.618. The zero-order valence-corrected chi connectivity index (χ0v) is 13.6. The number of nitrogens with one attached hydrogen (secondary N) is 1. The minimum Gasteiger partial charge on any atom is -0.315 e. The van der Waals surface area contributed by atoms with E-state index in [-0.39, 0.29) is 11.3 Å². The Balaban J connectivity index is 2.07. The van der Waals surface area contributed by atoms with Crippen molar-refractivity contribution in [1.82, 2.24) is 4.98 Å². The van der Waals surface area contributed by atoms with E-state index in [1.165, 1.54) is 48.2 Å². The summed E-state index contributed by atoms with van der Waals surface area (Å²) >= 11 is 7.22. The van der Waals surface area contributed by atoms with Gasteiger partial charge in [0, 0.05) is 21.5 Å². The molecule has 0 spiro atoms. The highest BCUT2D eigenvalue weighted by Gasteiger charge is 2.13. The Labute approximate surface area is 144 Å². The molecule has 2 aromatic carbocycles. The molecule has 1 aromatic heterocycles. The van der Waals surface area contributed by atoms with Gasteiger partial charge in [0.1, 0.15) is 23.3 Å². The maximum absolute atomic E-state index is 13.6. The van der Waals surface area contributed by atoms with Crippen molar-refractivity contribution in [2.24, 2.45) is 0 Å². The number of H-pyrrole nitrogens is 1. The molecule has 7 heteroatoms. The average molecular weight is 363 g/mol. The lowest BCUT2D eigenvalue weighted by Gasteiger charge is -2.09. The number of pyridine rings is 1. The number of nitrogens with zero attached hydrogens (tertiary/aromatic N) is 1. The molecular formula is C17H9ClF2N2OS. The van der Waals surface area contributed by atoms with Gasteiger partial charge in [0.25, 0.3) is 5.56 Å². The molecular weight excluding hydrogens is 354 g/mol. The van der Waals surface area contributed by atoms with Crippen molar-refractivity contribution >= 4 is 34.1 Å². The van der Waals surface area contributed by atoms with E-state index in [1.807, 2.05) is 6.07 Å². The fourth-order valence-corrected chi connectivity index (χ4v) is 3.60. The summed E-state index contributed by atoms with van der Waals surface area (Å²) in [5.41, 5.74) is -0.0704. The van der Waals surface area contributed by atoms with Gasteiger partial charge in [0.15, 0.2) is 0 Å². The lowest BCUT2D eigenvalue weighted by atomic mass is 10.1. The fraction of sp³-hybridized carbons (Fsp3) is 0.0588. The van der Waals surface area contributed by atoms with E-state index >= 15 is 0 Å². The molecule has 3 aromatic rings. The van der Waals surface area contributed by atoms with Crippen molar-refractivity contribution in [2.45, 2.75) is 10.8 Å². The van der Waals surface area contributed by atoms with Gasteiger partial charge in [-0.05, 0) is 42.0 Å². The maximum Gasteiger partial charge on any atom is 0.267 e. The topological polar surface area (TPSA) is 56.6 Å². The zero-order chi connectivity index (χ0) is 17.3. The normalized spacial score (nSPS) is 10.8. The minimum atomic E-state index is -0.551. The Morgan fingerprint density at radius 1 is 1.12 bits per heavy atom. The van der Waals surface area contributed by atoms with E-state index < -0.39 is 17.2 Å². The van der Waals surface area contributed by atoms with E-state index in [2.05, 4.69) is 4.98 Å². The van der Waals surface area contributed by atoms with E-state index in [1.54, 1.807) is 0 Å². The van der Waals surface area contributed by atoms with Gasteiger partial charge in [-0.1, -0.05) is 11.6 Å². The van der Waals surface area contributed by atoms with Gasteiger partial charge >= 0.3 is 0 Å². The van der Waals surface area contributed by atoms with Crippen LogP contribution in [0.1, 0.15) is 11.1 Å². The van der Waals surface area contributed by atoms with Crippen LogP contribution in [0.3, 0.4) is 0 Å². The predicted molar refractivity (Wildman–Crippen MR) is 90.2 cm³/mol. The van der Waals surface area contributed by atoms with Crippen molar-refractivity contribution in [3.8, 4) is 6.07 Å². The number of nitriles is 1. The first-order chi connectivity index (χ1) is 11.5. The van der Waals surface area contributed by atoms with Crippen LogP contribution in [0.25, 0.3) is 10.8 Å². The third kappa shape index (κ3) is 3.14. The largest absolute Gasteiger partial charge is 0.315 e. The minimum absolute atomic E-state index is 0.0712. The molecule has 120 valence electrons. The summed E-state index contributed by atoms with van der Waals surface area (Å²) in [5, 5.41) is 10.7. The molecule has 3 nitrogen and oxygen atoms in total. The van der Waals surface area contributed by atoms with E-state index in [4.69, 9.17) is 16.9 Å². The van der Waals surface area contributed by atoms with Crippen molar-refractivity contribution in [1.29, 1.82) is 5.26 Å². The molecule has 0 fully saturated rings. The summed E-state index contributed by atoms with van der Waals surface area (Å²) in [4.78, 5) is 14.6. The van der Waals surface area contributed by atoms with Crippen LogP contribution in [0.15, 0.2) is 46.2 Å². The van der Waals surface area contributed by atoms with Crippen molar-refractivity contribution in [3.63, 3.8) is 0 Å². The van der Waals surface area contributed by atoms with Crippen LogP contribution in [0.4, 0.5) is 8.78 Å². The van der Waals surface area contributed by atoms with Crippen LogP contribution >= 0.6 is 23.4 Å². The highest BCUT2D eigenvalue weighted by atomic mass is 35.5. The monoisotopic (exact) mass is 362 g/mol. The van der Waals surface area contributed by atoms with Crippen LogP contribution in [0.2, 0.25) is 5.02 Å². The average Bonchev–Trinajstić information content (AvgIpc) is 2.56. The third-order valence-corrected chi connectivity index (χ3v) is 4.88. The highest BCUT2D eigenvalue weighted by molar-refractivity contribution is 7.98. The fourth-order valence-electron chi connectivity index (χ4n) is 2.31. The van der Waals surface area contributed by atoms with Gasteiger partial charge in [0.05, 0.1) is 5.03 Å². The molecule has 0 radical (unpaired) electrons. The second kappa shape index (κ2) is 6.63. The number of fused-ring (bicyclic) bond motifs is 1. The van der Waals surface area contributed by atoms with Crippen LogP contribution in [0.5, 0.6) is 0 Å². The molecule has 0 unspecified atom stereocenters. The first-order valence-corrected chi connectivity index (χ1v) is 8.18. The first-order valence-electron chi connectivity index (χ1n) is 6.82. The molecule has 1 heterocycles. The number of benzene rings is 2. The van der Waals surface area contributed by atoms with E-state index in [0.29, 0.717) is 26.4 Å². The van der Waals surface area contributed by atoms with Gasteiger partial charge in [-0.3, -0.25) is 4.79 Å². The molecule has 3 rings (SSSR count). The van der Waals surface area contributed by atoms with Gasteiger partial charge < -0.3 is 4.98 Å². The first kappa shape index (κ1) is 16.5. The number of aromatic amines is 1. The summed E-state index contributed by atoms with van der Waals surface area (Å²) in [7, 11) is 0. The lowest BCUT2D eigenvalue weighted by molar-refractivity contribution is 0.626. The Morgan fingerprint density at radius 2 is 1.83 bits per heavy atom. The van der Waals surface area contributed by atoms with Gasteiger partial charge in [-0.2, -0.15) is 5.26 Å². The second-order valence-corrected chi connectivity index (χ2v) is 6.38. The second-order valence-electron chi connectivity index (χ2n) is 4.98. The van der Waals surface area contributed by atoms with Crippen LogP contribution in [-0.2, 0) is 5.75 Å². The predicted octanol–water partition coefficient (Wildman–Crippen LogP) is 4.62. The molecule has 0 aliphatic heterocycles. The number of rotatable bonds is 3. The molecule has 0 aliphatic carbocycles. The SMILES string of the molecule is N#Cc1c(=O)[nH]c(SCc2cc(F)ccc2Cl)c2cc(F)ccc12. The summed E-state index contributed by atoms with van der Waals surface area (Å²) in [6, 6.07) is 9.69. The number of halogens is 3. The number of aromatic nitrogens is 1. The molecule has 24 heavy (non-hydrogen) atoms. The van der Waals surface area contributed by atoms with Crippen molar-refractivity contribution in [3.05, 3.63) is 74.5 Å². The summed E-state index contributed by atoms with van der Waals surface area (Å²) in [6.07, 6.45) is 0. The third-order valence-electron chi connectivity index (χ3n) is 3.44. The van der Waals surface area contributed by atoms with Gasteiger partial charge in [-0.15, -0.1) is 11.8 Å². The van der Waals surface area contributed by atoms with Crippen molar-refractivity contribution < 1.29 is 8.78 Å². The Hall–Kier alpha value is -2.36. The quantitative estimate of drug-likeness (QED) is 0.691. The Kier molecular flexibility index (Phi) is 4.56. The molecule has 0 saturated heterocycles. The molecule has 0 amide bonds. The van der Waals surface area contributed by atoms with Gasteiger partial charge in [-0.25, -0.2) is 8.78 Å². The van der Waals surface area contributed by atoms with Crippen molar-refractivity contribution in [2.75, 3.05) is 0 Å². The molecule has 1 N–H and O–H groups in total.